The van der Waals surface area contributed by atoms with Gasteiger partial charge in [0.2, 0.25) is 0 Å². The molecule has 1 aromatic heterocycles. The number of β-amino-alcohol motifs (C(OH)–C–C–N with tert-alkyl or cyclic N) is 1. The summed E-state index contributed by atoms with van der Waals surface area (Å²) in [4.78, 5) is 2.04. The summed E-state index contributed by atoms with van der Waals surface area (Å²) in [7, 11) is 0. The van der Waals surface area contributed by atoms with E-state index in [1.807, 2.05) is 40.0 Å². The first-order chi connectivity index (χ1) is 10.2. The van der Waals surface area contributed by atoms with Gasteiger partial charge in [-0.05, 0) is 18.4 Å². The number of aliphatic hydroxyl groups excluding tert-OH is 2. The first-order valence-corrected chi connectivity index (χ1v) is 7.41. The molecule has 1 aliphatic heterocycles. The van der Waals surface area contributed by atoms with Gasteiger partial charge in [0.15, 0.2) is 5.82 Å². The molecule has 0 bridgehead atoms. The zero-order valence-corrected chi connectivity index (χ0v) is 12.0. The van der Waals surface area contributed by atoms with E-state index in [4.69, 9.17) is 0 Å². The van der Waals surface area contributed by atoms with Gasteiger partial charge in [0, 0.05) is 25.4 Å². The van der Waals surface area contributed by atoms with Crippen molar-refractivity contribution in [3.63, 3.8) is 0 Å². The van der Waals surface area contributed by atoms with E-state index in [1.165, 1.54) is 5.56 Å². The van der Waals surface area contributed by atoms with Gasteiger partial charge >= 0.3 is 0 Å². The van der Waals surface area contributed by atoms with Crippen LogP contribution in [0, 0.1) is 0 Å². The second-order valence-corrected chi connectivity index (χ2v) is 5.58. The second-order valence-electron chi connectivity index (χ2n) is 5.58. The third-order valence-electron chi connectivity index (χ3n) is 3.92. The lowest BCUT2D eigenvalue weighted by Crippen LogP contribution is -2.36. The van der Waals surface area contributed by atoms with Crippen molar-refractivity contribution in [3.8, 4) is 0 Å². The number of anilines is 1. The van der Waals surface area contributed by atoms with E-state index < -0.39 is 12.2 Å². The molecule has 2 N–H and O–H groups in total. The predicted octanol–water partition coefficient (Wildman–Crippen LogP) is 1.25. The molecular weight excluding hydrogens is 266 g/mol. The number of aromatic nitrogens is 2. The van der Waals surface area contributed by atoms with Crippen molar-refractivity contribution in [2.75, 3.05) is 18.0 Å². The van der Waals surface area contributed by atoms with Crippen LogP contribution in [0.4, 0.5) is 5.82 Å². The molecule has 112 valence electrons. The van der Waals surface area contributed by atoms with Crippen LogP contribution >= 0.6 is 0 Å². The summed E-state index contributed by atoms with van der Waals surface area (Å²) in [6.07, 6.45) is 2.13. The monoisotopic (exact) mass is 287 g/mol. The lowest BCUT2D eigenvalue weighted by Gasteiger charge is -2.22. The molecule has 0 saturated carbocycles. The van der Waals surface area contributed by atoms with Gasteiger partial charge in [0.1, 0.15) is 0 Å². The van der Waals surface area contributed by atoms with E-state index in [9.17, 15) is 10.2 Å². The van der Waals surface area contributed by atoms with E-state index in [2.05, 4.69) is 17.2 Å². The Hall–Kier alpha value is -1.85. The molecule has 3 rings (SSSR count). The van der Waals surface area contributed by atoms with Crippen molar-refractivity contribution in [1.82, 2.24) is 9.78 Å². The molecule has 0 unspecified atom stereocenters. The molecule has 2 heterocycles. The van der Waals surface area contributed by atoms with Crippen LogP contribution in [0.25, 0.3) is 0 Å². The third kappa shape index (κ3) is 3.43. The van der Waals surface area contributed by atoms with Gasteiger partial charge in [-0.1, -0.05) is 30.3 Å². The summed E-state index contributed by atoms with van der Waals surface area (Å²) in [5.41, 5.74) is 1.21. The Balaban J connectivity index is 1.69. The average molecular weight is 287 g/mol. The number of hydrogen-bond acceptors (Lipinski definition) is 4. The van der Waals surface area contributed by atoms with Crippen LogP contribution in [0.1, 0.15) is 18.4 Å². The highest BCUT2D eigenvalue weighted by atomic mass is 16.3. The average Bonchev–Trinajstić information content (AvgIpc) is 2.88. The number of hydrogen-bond donors (Lipinski definition) is 2. The quantitative estimate of drug-likeness (QED) is 0.892. The van der Waals surface area contributed by atoms with Crippen molar-refractivity contribution in [2.24, 2.45) is 0 Å². The fourth-order valence-corrected chi connectivity index (χ4v) is 2.71. The first kappa shape index (κ1) is 14.1. The Morgan fingerprint density at radius 3 is 2.71 bits per heavy atom. The van der Waals surface area contributed by atoms with Crippen molar-refractivity contribution in [1.29, 1.82) is 0 Å². The van der Waals surface area contributed by atoms with E-state index in [0.717, 1.165) is 25.3 Å². The molecule has 0 radical (unpaired) electrons. The van der Waals surface area contributed by atoms with Gasteiger partial charge < -0.3 is 15.1 Å². The van der Waals surface area contributed by atoms with Crippen molar-refractivity contribution in [2.45, 2.75) is 31.6 Å². The van der Waals surface area contributed by atoms with Gasteiger partial charge in [-0.15, -0.1) is 0 Å². The second kappa shape index (κ2) is 6.28. The van der Waals surface area contributed by atoms with Crippen molar-refractivity contribution >= 4 is 5.82 Å². The van der Waals surface area contributed by atoms with Crippen LogP contribution in [-0.4, -0.2) is 45.3 Å². The molecule has 0 aliphatic carbocycles. The highest BCUT2D eigenvalue weighted by Gasteiger charge is 2.24. The largest absolute Gasteiger partial charge is 0.390 e. The normalized spacial score (nSPS) is 23.0. The molecule has 2 atom stereocenters. The van der Waals surface area contributed by atoms with E-state index >= 15 is 0 Å². The predicted molar refractivity (Wildman–Crippen MR) is 81.2 cm³/mol. The maximum Gasteiger partial charge on any atom is 0.150 e. The number of nitrogens with zero attached hydrogens (tertiary/aromatic N) is 3. The smallest absolute Gasteiger partial charge is 0.150 e. The van der Waals surface area contributed by atoms with Crippen LogP contribution in [0.3, 0.4) is 0 Å². The highest BCUT2D eigenvalue weighted by molar-refractivity contribution is 5.37. The summed E-state index contributed by atoms with van der Waals surface area (Å²) in [6, 6.07) is 12.2. The van der Waals surface area contributed by atoms with Gasteiger partial charge in [-0.25, -0.2) is 0 Å². The number of benzene rings is 1. The van der Waals surface area contributed by atoms with Crippen LogP contribution < -0.4 is 4.90 Å². The Bertz CT molecular complexity index is 570. The third-order valence-corrected chi connectivity index (χ3v) is 3.92. The van der Waals surface area contributed by atoms with Crippen LogP contribution in [0.15, 0.2) is 42.6 Å². The van der Waals surface area contributed by atoms with Crippen LogP contribution in [0.2, 0.25) is 0 Å². The summed E-state index contributed by atoms with van der Waals surface area (Å²) in [5, 5.41) is 24.2. The molecule has 1 aromatic carbocycles. The first-order valence-electron chi connectivity index (χ1n) is 7.41. The minimum Gasteiger partial charge on any atom is -0.390 e. The minimum atomic E-state index is -0.702. The Morgan fingerprint density at radius 2 is 1.90 bits per heavy atom. The molecule has 21 heavy (non-hydrogen) atoms. The Labute approximate surface area is 124 Å². The molecule has 5 nitrogen and oxygen atoms in total. The molecule has 1 saturated heterocycles. The maximum atomic E-state index is 9.91. The molecule has 1 fully saturated rings. The number of rotatable bonds is 3. The summed E-state index contributed by atoms with van der Waals surface area (Å²) in [6.45, 7) is 1.99. The van der Waals surface area contributed by atoms with Gasteiger partial charge in [0.25, 0.3) is 0 Å². The van der Waals surface area contributed by atoms with Crippen molar-refractivity contribution < 1.29 is 10.2 Å². The lowest BCUT2D eigenvalue weighted by molar-refractivity contribution is 0.0249. The molecule has 1 aliphatic rings. The summed E-state index contributed by atoms with van der Waals surface area (Å²) < 4.78 is 1.90. The fraction of sp³-hybridized carbons (Fsp3) is 0.438. The zero-order chi connectivity index (χ0) is 14.7. The fourth-order valence-electron chi connectivity index (χ4n) is 2.71. The molecular formula is C16H21N3O2. The van der Waals surface area contributed by atoms with Gasteiger partial charge in [-0.3, -0.25) is 4.68 Å². The van der Waals surface area contributed by atoms with Gasteiger partial charge in [-0.2, -0.15) is 5.10 Å². The highest BCUT2D eigenvalue weighted by Crippen LogP contribution is 2.18. The topological polar surface area (TPSA) is 61.5 Å². The summed E-state index contributed by atoms with van der Waals surface area (Å²) in [5.74, 6) is 0.860. The molecule has 5 heteroatoms. The lowest BCUT2D eigenvalue weighted by atomic mass is 10.1. The maximum absolute atomic E-state index is 9.91. The molecule has 0 spiro atoms. The molecule has 0 amide bonds. The van der Waals surface area contributed by atoms with Crippen LogP contribution in [0.5, 0.6) is 0 Å². The standard InChI is InChI=1S/C16H21N3O2/c20-14-7-4-9-18(12-15(14)21)16-8-10-19(17-16)11-13-5-2-1-3-6-13/h1-3,5-6,8,10,14-15,20-21H,4,7,9,11-12H2/t14-,15+/m0/s1. The Kier molecular flexibility index (Phi) is 4.22. The van der Waals surface area contributed by atoms with E-state index in [1.54, 1.807) is 0 Å². The minimum absolute atomic E-state index is 0.434. The van der Waals surface area contributed by atoms with Crippen molar-refractivity contribution in [3.05, 3.63) is 48.2 Å². The number of aliphatic hydroxyl groups is 2. The van der Waals surface area contributed by atoms with Gasteiger partial charge in [0.05, 0.1) is 18.8 Å². The van der Waals surface area contributed by atoms with Crippen LogP contribution in [-0.2, 0) is 6.54 Å². The SMILES string of the molecule is O[C@@H]1CN(c2ccn(Cc3ccccc3)n2)CCC[C@@H]1O. The summed E-state index contributed by atoms with van der Waals surface area (Å²) >= 11 is 0. The molecule has 2 aromatic rings. The van der Waals surface area contributed by atoms with E-state index in [0.29, 0.717) is 13.0 Å². The Morgan fingerprint density at radius 1 is 1.10 bits per heavy atom. The van der Waals surface area contributed by atoms with E-state index in [-0.39, 0.29) is 0 Å². The zero-order valence-electron chi connectivity index (χ0n) is 12.0.